The molecule has 18 heavy (non-hydrogen) atoms. The van der Waals surface area contributed by atoms with E-state index in [-0.39, 0.29) is 12.7 Å². The van der Waals surface area contributed by atoms with Crippen LogP contribution in [0, 0.1) is 11.8 Å². The summed E-state index contributed by atoms with van der Waals surface area (Å²) in [5, 5.41) is 8.92. The maximum atomic E-state index is 11.8. The van der Waals surface area contributed by atoms with E-state index in [9.17, 15) is 4.79 Å². The van der Waals surface area contributed by atoms with E-state index in [1.807, 2.05) is 4.90 Å². The average molecular weight is 256 g/mol. The van der Waals surface area contributed by atoms with E-state index in [2.05, 4.69) is 11.8 Å². The third-order valence-corrected chi connectivity index (χ3v) is 3.96. The first-order valence-corrected chi connectivity index (χ1v) is 6.99. The Morgan fingerprint density at radius 3 is 2.50 bits per heavy atom. The fraction of sp³-hybridized carbons (Fsp3) is 0.923. The molecule has 1 amide bonds. The first-order chi connectivity index (χ1) is 8.74. The number of fused-ring (bicyclic) bond motifs is 1. The number of likely N-dealkylation sites (tertiary alicyclic amines) is 2. The molecule has 0 aromatic heterocycles. The van der Waals surface area contributed by atoms with Crippen molar-refractivity contribution in [3.63, 3.8) is 0 Å². The lowest BCUT2D eigenvalue weighted by molar-refractivity contribution is 0.104. The fourth-order valence-corrected chi connectivity index (χ4v) is 2.96. The van der Waals surface area contributed by atoms with Crippen molar-refractivity contribution in [2.45, 2.75) is 19.8 Å². The molecule has 2 rings (SSSR count). The quantitative estimate of drug-likeness (QED) is 0.739. The Labute approximate surface area is 109 Å². The summed E-state index contributed by atoms with van der Waals surface area (Å²) in [6, 6.07) is 0. The highest BCUT2D eigenvalue weighted by Crippen LogP contribution is 2.31. The van der Waals surface area contributed by atoms with Crippen LogP contribution in [0.2, 0.25) is 0 Å². The summed E-state index contributed by atoms with van der Waals surface area (Å²) in [5.41, 5.74) is 0. The molecule has 104 valence electrons. The number of ether oxygens (including phenoxy) is 1. The van der Waals surface area contributed by atoms with Gasteiger partial charge in [-0.15, -0.1) is 0 Å². The molecule has 2 unspecified atom stereocenters. The minimum atomic E-state index is -0.147. The van der Waals surface area contributed by atoms with Crippen LogP contribution in [0.3, 0.4) is 0 Å². The lowest BCUT2D eigenvalue weighted by atomic mass is 10.0. The Hall–Kier alpha value is -0.810. The molecule has 1 N–H and O–H groups in total. The SMILES string of the molecule is CCCCOC(=O)N1CC2CN(CCO)CC2C1. The first-order valence-electron chi connectivity index (χ1n) is 6.99. The van der Waals surface area contributed by atoms with Crippen LogP contribution < -0.4 is 0 Å². The van der Waals surface area contributed by atoms with Crippen LogP contribution in [0.5, 0.6) is 0 Å². The zero-order chi connectivity index (χ0) is 13.0. The highest BCUT2D eigenvalue weighted by Gasteiger charge is 2.41. The minimum Gasteiger partial charge on any atom is -0.449 e. The van der Waals surface area contributed by atoms with Crippen molar-refractivity contribution >= 4 is 6.09 Å². The molecule has 5 heteroatoms. The van der Waals surface area contributed by atoms with Crippen LogP contribution in [-0.4, -0.2) is 66.9 Å². The molecule has 2 aliphatic heterocycles. The highest BCUT2D eigenvalue weighted by atomic mass is 16.6. The van der Waals surface area contributed by atoms with E-state index < -0.39 is 0 Å². The van der Waals surface area contributed by atoms with Gasteiger partial charge in [0.25, 0.3) is 0 Å². The van der Waals surface area contributed by atoms with E-state index in [0.29, 0.717) is 18.4 Å². The molecule has 0 aromatic carbocycles. The Balaban J connectivity index is 1.72. The largest absolute Gasteiger partial charge is 0.449 e. The number of carbonyl (C=O) groups excluding carboxylic acids is 1. The standard InChI is InChI=1S/C13H24N2O3/c1-2-3-6-18-13(17)15-9-11-7-14(4-5-16)8-12(11)10-15/h11-12,16H,2-10H2,1H3. The molecular weight excluding hydrogens is 232 g/mol. The van der Waals surface area contributed by atoms with Crippen molar-refractivity contribution in [1.82, 2.24) is 9.80 Å². The van der Waals surface area contributed by atoms with Gasteiger partial charge in [0.05, 0.1) is 13.2 Å². The Bertz CT molecular complexity index is 271. The van der Waals surface area contributed by atoms with E-state index in [4.69, 9.17) is 9.84 Å². The summed E-state index contributed by atoms with van der Waals surface area (Å²) in [6.07, 6.45) is 1.84. The molecule has 5 nitrogen and oxygen atoms in total. The predicted octanol–water partition coefficient (Wildman–Crippen LogP) is 0.779. The molecule has 0 aliphatic carbocycles. The predicted molar refractivity (Wildman–Crippen MR) is 68.3 cm³/mol. The van der Waals surface area contributed by atoms with E-state index in [0.717, 1.165) is 45.6 Å². The molecule has 0 saturated carbocycles. The summed E-state index contributed by atoms with van der Waals surface area (Å²) >= 11 is 0. The van der Waals surface area contributed by atoms with Crippen molar-refractivity contribution < 1.29 is 14.6 Å². The van der Waals surface area contributed by atoms with Gasteiger partial charge >= 0.3 is 6.09 Å². The Morgan fingerprint density at radius 1 is 1.28 bits per heavy atom. The summed E-state index contributed by atoms with van der Waals surface area (Å²) in [4.78, 5) is 15.9. The molecule has 0 radical (unpaired) electrons. The number of hydrogen-bond acceptors (Lipinski definition) is 4. The zero-order valence-corrected chi connectivity index (χ0v) is 11.2. The van der Waals surface area contributed by atoms with Crippen molar-refractivity contribution in [2.75, 3.05) is 45.9 Å². The van der Waals surface area contributed by atoms with Gasteiger partial charge in [-0.1, -0.05) is 13.3 Å². The van der Waals surface area contributed by atoms with Gasteiger partial charge in [-0.25, -0.2) is 4.79 Å². The molecule has 2 atom stereocenters. The smallest absolute Gasteiger partial charge is 0.409 e. The maximum absolute atomic E-state index is 11.8. The monoisotopic (exact) mass is 256 g/mol. The van der Waals surface area contributed by atoms with Crippen LogP contribution >= 0.6 is 0 Å². The summed E-state index contributed by atoms with van der Waals surface area (Å²) in [5.74, 6) is 1.13. The summed E-state index contributed by atoms with van der Waals surface area (Å²) in [6.45, 7) is 7.25. The molecule has 0 aromatic rings. The van der Waals surface area contributed by atoms with Gasteiger partial charge in [0.15, 0.2) is 0 Å². The molecular formula is C13H24N2O3. The van der Waals surface area contributed by atoms with Crippen molar-refractivity contribution in [1.29, 1.82) is 0 Å². The molecule has 2 fully saturated rings. The highest BCUT2D eigenvalue weighted by molar-refractivity contribution is 5.68. The van der Waals surface area contributed by atoms with Crippen LogP contribution in [0.1, 0.15) is 19.8 Å². The number of unbranched alkanes of at least 4 members (excludes halogenated alkanes) is 1. The first kappa shape index (κ1) is 13.6. The second-order valence-electron chi connectivity index (χ2n) is 5.38. The lowest BCUT2D eigenvalue weighted by Gasteiger charge is -2.20. The minimum absolute atomic E-state index is 0.147. The van der Waals surface area contributed by atoms with Gasteiger partial charge < -0.3 is 19.6 Å². The molecule has 2 aliphatic rings. The van der Waals surface area contributed by atoms with Gasteiger partial charge in [-0.05, 0) is 18.3 Å². The number of β-amino-alcohol motifs (C(OH)–C–C–N with tert-alkyl or cyclic N) is 1. The fourth-order valence-electron chi connectivity index (χ4n) is 2.96. The Kier molecular flexibility index (Phi) is 4.83. The molecule has 0 bridgehead atoms. The number of aliphatic hydroxyl groups excluding tert-OH is 1. The van der Waals surface area contributed by atoms with Gasteiger partial charge in [0.1, 0.15) is 0 Å². The number of hydrogen-bond donors (Lipinski definition) is 1. The third kappa shape index (κ3) is 3.14. The van der Waals surface area contributed by atoms with E-state index in [1.54, 1.807) is 0 Å². The number of nitrogens with zero attached hydrogens (tertiary/aromatic N) is 2. The molecule has 2 saturated heterocycles. The van der Waals surface area contributed by atoms with Gasteiger partial charge in [0.2, 0.25) is 0 Å². The number of rotatable bonds is 5. The zero-order valence-electron chi connectivity index (χ0n) is 11.2. The van der Waals surface area contributed by atoms with Gasteiger partial charge in [0, 0.05) is 32.7 Å². The lowest BCUT2D eigenvalue weighted by Crippen LogP contribution is -2.34. The normalized spacial score (nSPS) is 27.6. The second kappa shape index (κ2) is 6.38. The molecule has 0 spiro atoms. The van der Waals surface area contributed by atoms with Crippen molar-refractivity contribution in [2.24, 2.45) is 11.8 Å². The second-order valence-corrected chi connectivity index (χ2v) is 5.38. The summed E-state index contributed by atoms with van der Waals surface area (Å²) < 4.78 is 5.24. The van der Waals surface area contributed by atoms with Gasteiger partial charge in [-0.2, -0.15) is 0 Å². The topological polar surface area (TPSA) is 53.0 Å². The van der Waals surface area contributed by atoms with Crippen molar-refractivity contribution in [3.8, 4) is 0 Å². The van der Waals surface area contributed by atoms with Gasteiger partial charge in [-0.3, -0.25) is 0 Å². The van der Waals surface area contributed by atoms with Crippen LogP contribution in [0.15, 0.2) is 0 Å². The van der Waals surface area contributed by atoms with Crippen molar-refractivity contribution in [3.05, 3.63) is 0 Å². The number of aliphatic hydroxyl groups is 1. The third-order valence-electron chi connectivity index (χ3n) is 3.96. The maximum Gasteiger partial charge on any atom is 0.409 e. The number of carbonyl (C=O) groups is 1. The van der Waals surface area contributed by atoms with E-state index in [1.165, 1.54) is 0 Å². The number of amides is 1. The van der Waals surface area contributed by atoms with E-state index >= 15 is 0 Å². The summed E-state index contributed by atoms with van der Waals surface area (Å²) in [7, 11) is 0. The average Bonchev–Trinajstić information content (AvgIpc) is 2.87. The van der Waals surface area contributed by atoms with Crippen LogP contribution in [0.4, 0.5) is 4.79 Å². The Morgan fingerprint density at radius 2 is 1.94 bits per heavy atom. The van der Waals surface area contributed by atoms with Crippen LogP contribution in [-0.2, 0) is 4.74 Å². The van der Waals surface area contributed by atoms with Crippen LogP contribution in [0.25, 0.3) is 0 Å². The molecule has 2 heterocycles.